The van der Waals surface area contributed by atoms with Gasteiger partial charge in [0.25, 0.3) is 0 Å². The van der Waals surface area contributed by atoms with Gasteiger partial charge in [-0.15, -0.1) is 0 Å². The van der Waals surface area contributed by atoms with Crippen LogP contribution in [0.2, 0.25) is 0 Å². The second-order valence-electron chi connectivity index (χ2n) is 3.99. The van der Waals surface area contributed by atoms with Crippen LogP contribution in [0.25, 0.3) is 0 Å². The maximum absolute atomic E-state index is 5.62. The summed E-state index contributed by atoms with van der Waals surface area (Å²) < 4.78 is 5.62. The second-order valence-corrected chi connectivity index (χ2v) is 3.99. The molecular formula is C15H21NO2. The fraction of sp³-hybridized carbons (Fsp3) is 0.400. The Morgan fingerprint density at radius 2 is 1.83 bits per heavy atom. The Bertz CT molecular complexity index is 407. The summed E-state index contributed by atoms with van der Waals surface area (Å²) in [5.74, 6) is 0.848. The lowest BCUT2D eigenvalue weighted by Crippen LogP contribution is -2.02. The average molecular weight is 247 g/mol. The molecule has 1 rings (SSSR count). The minimum atomic E-state index is 0.572. The van der Waals surface area contributed by atoms with Crippen molar-refractivity contribution in [3.05, 3.63) is 42.0 Å². The van der Waals surface area contributed by atoms with Crippen molar-refractivity contribution in [2.75, 3.05) is 13.7 Å². The fourth-order valence-corrected chi connectivity index (χ4v) is 1.46. The summed E-state index contributed by atoms with van der Waals surface area (Å²) in [5, 5.41) is 3.99. The summed E-state index contributed by atoms with van der Waals surface area (Å²) >= 11 is 0. The van der Waals surface area contributed by atoms with Crippen LogP contribution >= 0.6 is 0 Å². The van der Waals surface area contributed by atoms with Gasteiger partial charge in [0.1, 0.15) is 19.5 Å². The van der Waals surface area contributed by atoms with Crippen molar-refractivity contribution < 1.29 is 9.57 Å². The molecule has 0 spiro atoms. The van der Waals surface area contributed by atoms with E-state index in [0.717, 1.165) is 35.4 Å². The number of hydrogen-bond donors (Lipinski definition) is 0. The minimum Gasteiger partial charge on any atom is -0.489 e. The summed E-state index contributed by atoms with van der Waals surface area (Å²) in [4.78, 5) is 4.82. The molecular weight excluding hydrogens is 226 g/mol. The van der Waals surface area contributed by atoms with Gasteiger partial charge in [-0.05, 0) is 48.2 Å². The maximum atomic E-state index is 5.62. The van der Waals surface area contributed by atoms with Crippen LogP contribution in [-0.4, -0.2) is 19.4 Å². The topological polar surface area (TPSA) is 30.8 Å². The largest absolute Gasteiger partial charge is 0.489 e. The van der Waals surface area contributed by atoms with Crippen LogP contribution in [0.15, 0.2) is 41.6 Å². The predicted molar refractivity (Wildman–Crippen MR) is 75.2 cm³/mol. The molecule has 0 aliphatic carbocycles. The Morgan fingerprint density at radius 1 is 1.17 bits per heavy atom. The monoisotopic (exact) mass is 247 g/mol. The molecule has 1 aromatic carbocycles. The average Bonchev–Trinajstić information content (AvgIpc) is 2.42. The number of ether oxygens (including phenoxy) is 1. The molecule has 18 heavy (non-hydrogen) atoms. The third-order valence-electron chi connectivity index (χ3n) is 2.67. The van der Waals surface area contributed by atoms with Crippen molar-refractivity contribution in [2.24, 2.45) is 5.16 Å². The van der Waals surface area contributed by atoms with E-state index in [-0.39, 0.29) is 0 Å². The van der Waals surface area contributed by atoms with E-state index in [1.165, 1.54) is 0 Å². The van der Waals surface area contributed by atoms with E-state index in [9.17, 15) is 0 Å². The summed E-state index contributed by atoms with van der Waals surface area (Å²) in [5.41, 5.74) is 3.08. The minimum absolute atomic E-state index is 0.572. The highest BCUT2D eigenvalue weighted by Gasteiger charge is 2.02. The zero-order chi connectivity index (χ0) is 13.4. The molecule has 0 N–H and O–H groups in total. The van der Waals surface area contributed by atoms with Gasteiger partial charge in [0.15, 0.2) is 0 Å². The van der Waals surface area contributed by atoms with Gasteiger partial charge >= 0.3 is 0 Å². The highest BCUT2D eigenvalue weighted by molar-refractivity contribution is 6.00. The molecule has 0 bridgehead atoms. The van der Waals surface area contributed by atoms with Crippen molar-refractivity contribution in [1.82, 2.24) is 0 Å². The summed E-state index contributed by atoms with van der Waals surface area (Å²) in [6.45, 7) is 8.61. The van der Waals surface area contributed by atoms with Crippen LogP contribution in [-0.2, 0) is 4.84 Å². The number of rotatable bonds is 7. The van der Waals surface area contributed by atoms with Crippen LogP contribution in [0.1, 0.15) is 32.3 Å². The van der Waals surface area contributed by atoms with Gasteiger partial charge in [0.2, 0.25) is 0 Å². The molecule has 0 unspecified atom stereocenters. The molecule has 0 heterocycles. The molecule has 0 aromatic heterocycles. The number of oxime groups is 1. The summed E-state index contributed by atoms with van der Waals surface area (Å²) in [6, 6.07) is 7.87. The molecule has 0 amide bonds. The molecule has 1 aromatic rings. The van der Waals surface area contributed by atoms with Crippen molar-refractivity contribution in [3.63, 3.8) is 0 Å². The fourth-order valence-electron chi connectivity index (χ4n) is 1.46. The van der Waals surface area contributed by atoms with Crippen molar-refractivity contribution in [2.45, 2.75) is 26.7 Å². The van der Waals surface area contributed by atoms with Crippen molar-refractivity contribution in [1.29, 1.82) is 0 Å². The first-order chi connectivity index (χ1) is 8.71. The molecule has 98 valence electrons. The Balaban J connectivity index is 2.67. The van der Waals surface area contributed by atoms with Gasteiger partial charge < -0.3 is 9.57 Å². The van der Waals surface area contributed by atoms with E-state index >= 15 is 0 Å². The SMILES string of the molecule is C=C(CC)COc1ccc(C(CC)=NOC)cc1. The number of hydrogen-bond acceptors (Lipinski definition) is 3. The van der Waals surface area contributed by atoms with E-state index in [2.05, 4.69) is 18.7 Å². The lowest BCUT2D eigenvalue weighted by atomic mass is 10.1. The lowest BCUT2D eigenvalue weighted by molar-refractivity contribution is 0.213. The smallest absolute Gasteiger partial charge is 0.119 e. The van der Waals surface area contributed by atoms with Crippen LogP contribution in [0, 0.1) is 0 Å². The van der Waals surface area contributed by atoms with E-state index in [4.69, 9.17) is 9.57 Å². The van der Waals surface area contributed by atoms with E-state index in [1.54, 1.807) is 7.11 Å². The summed E-state index contributed by atoms with van der Waals surface area (Å²) in [7, 11) is 1.56. The quantitative estimate of drug-likeness (QED) is 0.417. The van der Waals surface area contributed by atoms with Gasteiger partial charge in [-0.25, -0.2) is 0 Å². The maximum Gasteiger partial charge on any atom is 0.119 e. The third kappa shape index (κ3) is 4.24. The third-order valence-corrected chi connectivity index (χ3v) is 2.67. The first kappa shape index (κ1) is 14.3. The van der Waals surface area contributed by atoms with Crippen molar-refractivity contribution in [3.8, 4) is 5.75 Å². The Hall–Kier alpha value is -1.77. The highest BCUT2D eigenvalue weighted by Crippen LogP contribution is 2.15. The first-order valence-electron chi connectivity index (χ1n) is 6.21. The number of nitrogens with zero attached hydrogens (tertiary/aromatic N) is 1. The molecule has 3 nitrogen and oxygen atoms in total. The van der Waals surface area contributed by atoms with E-state index < -0.39 is 0 Å². The molecule has 0 aliphatic rings. The number of benzene rings is 1. The molecule has 0 saturated heterocycles. The van der Waals surface area contributed by atoms with Gasteiger partial charge in [-0.3, -0.25) is 0 Å². The first-order valence-corrected chi connectivity index (χ1v) is 6.21. The lowest BCUT2D eigenvalue weighted by Gasteiger charge is -2.08. The Labute approximate surface area is 109 Å². The van der Waals surface area contributed by atoms with E-state index in [0.29, 0.717) is 6.61 Å². The molecule has 3 heteroatoms. The second kappa shape index (κ2) is 7.54. The Morgan fingerprint density at radius 3 is 2.33 bits per heavy atom. The Kier molecular flexibility index (Phi) is 5.98. The molecule has 0 atom stereocenters. The van der Waals surface area contributed by atoms with E-state index in [1.807, 2.05) is 31.2 Å². The van der Waals surface area contributed by atoms with Crippen LogP contribution < -0.4 is 4.74 Å². The van der Waals surface area contributed by atoms with Gasteiger partial charge in [0, 0.05) is 0 Å². The molecule has 0 fully saturated rings. The molecule has 0 aliphatic heterocycles. The van der Waals surface area contributed by atoms with Crippen LogP contribution in [0.3, 0.4) is 0 Å². The highest BCUT2D eigenvalue weighted by atomic mass is 16.6. The predicted octanol–water partition coefficient (Wildman–Crippen LogP) is 3.79. The summed E-state index contributed by atoms with van der Waals surface area (Å²) in [6.07, 6.45) is 1.78. The molecule has 0 radical (unpaired) electrons. The normalized spacial score (nSPS) is 11.2. The van der Waals surface area contributed by atoms with Gasteiger partial charge in [-0.2, -0.15) is 0 Å². The zero-order valence-electron chi connectivity index (χ0n) is 11.4. The van der Waals surface area contributed by atoms with Gasteiger partial charge in [0.05, 0.1) is 5.71 Å². The zero-order valence-corrected chi connectivity index (χ0v) is 11.4. The van der Waals surface area contributed by atoms with Crippen LogP contribution in [0.4, 0.5) is 0 Å². The van der Waals surface area contributed by atoms with Crippen molar-refractivity contribution >= 4 is 5.71 Å². The van der Waals surface area contributed by atoms with Crippen LogP contribution in [0.5, 0.6) is 5.75 Å². The standard InChI is InChI=1S/C15H21NO2/c1-5-12(3)11-18-14-9-7-13(8-10-14)15(6-2)16-17-4/h7-10H,3,5-6,11H2,1-2,4H3. The molecule has 0 saturated carbocycles. The van der Waals surface area contributed by atoms with Gasteiger partial charge in [-0.1, -0.05) is 25.6 Å².